The summed E-state index contributed by atoms with van der Waals surface area (Å²) in [7, 11) is 1.80. The van der Waals surface area contributed by atoms with Crippen molar-refractivity contribution in [2.75, 3.05) is 31.6 Å². The van der Waals surface area contributed by atoms with Crippen LogP contribution in [0.15, 0.2) is 24.4 Å². The van der Waals surface area contributed by atoms with Crippen LogP contribution in [-0.4, -0.2) is 47.6 Å². The molecule has 2 N–H and O–H groups in total. The predicted molar refractivity (Wildman–Crippen MR) is 112 cm³/mol. The van der Waals surface area contributed by atoms with Gasteiger partial charge in [0.05, 0.1) is 12.3 Å². The Balaban J connectivity index is 1.79. The monoisotopic (exact) mass is 427 g/mol. The minimum atomic E-state index is -0.655. The predicted octanol–water partition coefficient (Wildman–Crippen LogP) is 2.57. The molecule has 2 aromatic rings. The first-order valence-electron chi connectivity index (χ1n) is 9.52. The van der Waals surface area contributed by atoms with Crippen molar-refractivity contribution in [3.63, 3.8) is 0 Å². The third-order valence-electron chi connectivity index (χ3n) is 5.64. The molecule has 10 heteroatoms. The molecule has 30 heavy (non-hydrogen) atoms. The number of aryl methyl sites for hydroxylation is 1. The van der Waals surface area contributed by atoms with E-state index in [0.717, 1.165) is 10.6 Å². The molecule has 2 atom stereocenters. The van der Waals surface area contributed by atoms with Gasteiger partial charge in [0.2, 0.25) is 11.8 Å². The van der Waals surface area contributed by atoms with Gasteiger partial charge in [-0.1, -0.05) is 6.58 Å². The van der Waals surface area contributed by atoms with Gasteiger partial charge in [0.15, 0.2) is 5.96 Å². The summed E-state index contributed by atoms with van der Waals surface area (Å²) in [4.78, 5) is 13.9. The first kappa shape index (κ1) is 20.1. The van der Waals surface area contributed by atoms with Crippen molar-refractivity contribution in [3.8, 4) is 11.9 Å². The standard InChI is InChI=1S/C20H22FN7OS/c1-5-29-17-16(21)11(2)24-19(25-17)28-9-14-12(3)27(4)18(23)26-20(14,10-28)15-7-6-13(8-22)30-15/h6-7,14H,3,5,9-10H2,1-2,4H3,(H2,23,26)/t14-,20-/m0/s1. The Kier molecular flexibility index (Phi) is 4.86. The number of nitriles is 1. The largest absolute Gasteiger partial charge is 0.476 e. The van der Waals surface area contributed by atoms with Crippen LogP contribution in [0.2, 0.25) is 0 Å². The minimum absolute atomic E-state index is 0.0662. The highest BCUT2D eigenvalue weighted by Crippen LogP contribution is 2.46. The number of ether oxygens (including phenoxy) is 1. The molecule has 4 rings (SSSR count). The number of thiophene rings is 1. The van der Waals surface area contributed by atoms with Crippen LogP contribution in [0.1, 0.15) is 22.4 Å². The van der Waals surface area contributed by atoms with Crippen LogP contribution in [0.25, 0.3) is 0 Å². The number of anilines is 1. The highest BCUT2D eigenvalue weighted by molar-refractivity contribution is 7.12. The lowest BCUT2D eigenvalue weighted by Crippen LogP contribution is -2.60. The molecule has 0 unspecified atom stereocenters. The lowest BCUT2D eigenvalue weighted by Gasteiger charge is -2.45. The third kappa shape index (κ3) is 2.97. The summed E-state index contributed by atoms with van der Waals surface area (Å²) >= 11 is 1.39. The Labute approximate surface area is 178 Å². The molecule has 2 aliphatic rings. The van der Waals surface area contributed by atoms with E-state index in [1.807, 2.05) is 11.0 Å². The molecule has 4 heterocycles. The van der Waals surface area contributed by atoms with E-state index in [4.69, 9.17) is 10.1 Å². The fourth-order valence-electron chi connectivity index (χ4n) is 4.03. The lowest BCUT2D eigenvalue weighted by molar-refractivity contribution is 0.274. The van der Waals surface area contributed by atoms with Crippen LogP contribution in [0.3, 0.4) is 0 Å². The van der Waals surface area contributed by atoms with Gasteiger partial charge in [0.25, 0.3) is 5.88 Å². The summed E-state index contributed by atoms with van der Waals surface area (Å²) in [5, 5.41) is 21.0. The van der Waals surface area contributed by atoms with Gasteiger partial charge in [-0.15, -0.1) is 11.3 Å². The topological polar surface area (TPSA) is 101 Å². The number of hydrogen-bond donors (Lipinski definition) is 2. The van der Waals surface area contributed by atoms with Crippen molar-refractivity contribution in [3.05, 3.63) is 45.7 Å². The first-order chi connectivity index (χ1) is 14.3. The zero-order chi connectivity index (χ0) is 21.6. The molecule has 2 aromatic heterocycles. The van der Waals surface area contributed by atoms with E-state index in [2.05, 4.69) is 27.9 Å². The molecule has 8 nitrogen and oxygen atoms in total. The van der Waals surface area contributed by atoms with Crippen molar-refractivity contribution < 1.29 is 9.13 Å². The molecule has 2 saturated heterocycles. The average molecular weight is 428 g/mol. The molecule has 0 amide bonds. The summed E-state index contributed by atoms with van der Waals surface area (Å²) in [6.45, 7) is 8.85. The fraction of sp³-hybridized carbons (Fsp3) is 0.400. The zero-order valence-corrected chi connectivity index (χ0v) is 17.8. The number of hydrogen-bond acceptors (Lipinski definition) is 7. The number of nitrogens with one attached hydrogen (secondary N) is 2. The normalized spacial score (nSPS) is 23.2. The summed E-state index contributed by atoms with van der Waals surface area (Å²) in [6.07, 6.45) is 0. The molecule has 0 aromatic carbocycles. The van der Waals surface area contributed by atoms with Crippen molar-refractivity contribution >= 4 is 23.2 Å². The molecule has 2 fully saturated rings. The number of halogens is 1. The van der Waals surface area contributed by atoms with E-state index in [1.165, 1.54) is 11.3 Å². The van der Waals surface area contributed by atoms with Gasteiger partial charge in [0, 0.05) is 36.6 Å². The third-order valence-corrected chi connectivity index (χ3v) is 6.81. The van der Waals surface area contributed by atoms with Gasteiger partial charge < -0.3 is 19.9 Å². The smallest absolute Gasteiger partial charge is 0.255 e. The van der Waals surface area contributed by atoms with Crippen molar-refractivity contribution in [1.82, 2.24) is 20.2 Å². The SMILES string of the molecule is C=C1[C@@H]2CN(c3nc(C)c(F)c(OCC)n3)C[C@]2(c2ccc(C#N)s2)NC(=N)N1C. The number of guanidine groups is 1. The van der Waals surface area contributed by atoms with Crippen LogP contribution in [-0.2, 0) is 5.54 Å². The Morgan fingerprint density at radius 1 is 1.50 bits per heavy atom. The van der Waals surface area contributed by atoms with Crippen LogP contribution < -0.4 is 15.0 Å². The summed E-state index contributed by atoms with van der Waals surface area (Å²) in [5.74, 6) is -0.120. The second kappa shape index (κ2) is 7.25. The maximum Gasteiger partial charge on any atom is 0.255 e. The Morgan fingerprint density at radius 3 is 2.93 bits per heavy atom. The van der Waals surface area contributed by atoms with Gasteiger partial charge in [0.1, 0.15) is 16.5 Å². The molecule has 0 saturated carbocycles. The van der Waals surface area contributed by atoms with Gasteiger partial charge in [-0.05, 0) is 26.0 Å². The van der Waals surface area contributed by atoms with Gasteiger partial charge in [-0.2, -0.15) is 14.6 Å². The maximum absolute atomic E-state index is 14.3. The van der Waals surface area contributed by atoms with E-state index >= 15 is 0 Å². The molecular weight excluding hydrogens is 405 g/mol. The van der Waals surface area contributed by atoms with Crippen molar-refractivity contribution in [2.45, 2.75) is 19.4 Å². The number of aromatic nitrogens is 2. The van der Waals surface area contributed by atoms with Crippen LogP contribution in [0.4, 0.5) is 10.3 Å². The van der Waals surface area contributed by atoms with Gasteiger partial charge >= 0.3 is 0 Å². The molecule has 0 aliphatic carbocycles. The minimum Gasteiger partial charge on any atom is -0.476 e. The Hall–Kier alpha value is -3.19. The maximum atomic E-state index is 14.3. The highest BCUT2D eigenvalue weighted by atomic mass is 32.1. The van der Waals surface area contributed by atoms with Crippen LogP contribution >= 0.6 is 11.3 Å². The Morgan fingerprint density at radius 2 is 2.27 bits per heavy atom. The van der Waals surface area contributed by atoms with E-state index in [0.29, 0.717) is 30.5 Å². The number of fused-ring (bicyclic) bond motifs is 1. The van der Waals surface area contributed by atoms with Gasteiger partial charge in [-0.25, -0.2) is 4.98 Å². The van der Waals surface area contributed by atoms with E-state index < -0.39 is 11.4 Å². The number of nitrogens with zero attached hydrogens (tertiary/aromatic N) is 5. The molecule has 156 valence electrons. The van der Waals surface area contributed by atoms with E-state index in [1.54, 1.807) is 31.9 Å². The average Bonchev–Trinajstić information content (AvgIpc) is 3.35. The van der Waals surface area contributed by atoms with Crippen LogP contribution in [0, 0.1) is 35.4 Å². The number of rotatable bonds is 4. The highest BCUT2D eigenvalue weighted by Gasteiger charge is 2.55. The van der Waals surface area contributed by atoms with E-state index in [9.17, 15) is 9.65 Å². The lowest BCUT2D eigenvalue weighted by atomic mass is 9.81. The molecular formula is C20H22FN7OS. The van der Waals surface area contributed by atoms with Crippen molar-refractivity contribution in [1.29, 1.82) is 10.7 Å². The summed E-state index contributed by atoms with van der Waals surface area (Å²) in [6, 6.07) is 5.88. The summed E-state index contributed by atoms with van der Waals surface area (Å²) in [5.41, 5.74) is 0.349. The quantitative estimate of drug-likeness (QED) is 0.773. The zero-order valence-electron chi connectivity index (χ0n) is 17.0. The van der Waals surface area contributed by atoms with Crippen LogP contribution in [0.5, 0.6) is 5.88 Å². The molecule has 2 aliphatic heterocycles. The van der Waals surface area contributed by atoms with E-state index in [-0.39, 0.29) is 23.5 Å². The van der Waals surface area contributed by atoms with Crippen molar-refractivity contribution in [2.24, 2.45) is 5.92 Å². The molecule has 0 radical (unpaired) electrons. The molecule has 0 spiro atoms. The second-order valence-corrected chi connectivity index (χ2v) is 8.45. The van der Waals surface area contributed by atoms with Gasteiger partial charge in [-0.3, -0.25) is 5.41 Å². The summed E-state index contributed by atoms with van der Waals surface area (Å²) < 4.78 is 19.7. The fourth-order valence-corrected chi connectivity index (χ4v) is 5.03. The Bertz CT molecular complexity index is 1080. The second-order valence-electron chi connectivity index (χ2n) is 7.37. The molecule has 0 bridgehead atoms. The first-order valence-corrected chi connectivity index (χ1v) is 10.3.